The molecule has 160 valence electrons. The zero-order chi connectivity index (χ0) is 20.4. The van der Waals surface area contributed by atoms with Crippen LogP contribution in [0.2, 0.25) is 0 Å². The van der Waals surface area contributed by atoms with Gasteiger partial charge in [-0.1, -0.05) is 6.42 Å². The van der Waals surface area contributed by atoms with Crippen molar-refractivity contribution in [3.8, 4) is 0 Å². The summed E-state index contributed by atoms with van der Waals surface area (Å²) in [6, 6.07) is 0. The Morgan fingerprint density at radius 3 is 2.48 bits per heavy atom. The lowest BCUT2D eigenvalue weighted by Gasteiger charge is -2.41. The van der Waals surface area contributed by atoms with E-state index in [-0.39, 0.29) is 5.54 Å². The monoisotopic (exact) mass is 417 g/mol. The number of nitrogens with zero attached hydrogens (tertiary/aromatic N) is 4. The van der Waals surface area contributed by atoms with E-state index in [1.165, 1.54) is 48.2 Å². The first-order valence-electron chi connectivity index (χ1n) is 11.0. The molecular weight excluding hydrogens is 382 g/mol. The lowest BCUT2D eigenvalue weighted by Crippen LogP contribution is -2.50. The van der Waals surface area contributed by atoms with Crippen LogP contribution in [0.4, 0.5) is 5.82 Å². The molecule has 7 heteroatoms. The summed E-state index contributed by atoms with van der Waals surface area (Å²) in [6.45, 7) is 16.7. The van der Waals surface area contributed by atoms with Gasteiger partial charge in [0.2, 0.25) is 0 Å². The summed E-state index contributed by atoms with van der Waals surface area (Å²) in [5.41, 5.74) is 1.42. The number of rotatable bonds is 6. The number of piperidine rings is 1. The van der Waals surface area contributed by atoms with Crippen LogP contribution in [-0.4, -0.2) is 71.2 Å². The second-order valence-electron chi connectivity index (χ2n) is 9.05. The average molecular weight is 418 g/mol. The van der Waals surface area contributed by atoms with Crippen LogP contribution in [0.1, 0.15) is 49.4 Å². The highest BCUT2D eigenvalue weighted by atomic mass is 32.1. The molecule has 1 N–H and O–H groups in total. The van der Waals surface area contributed by atoms with E-state index in [0.717, 1.165) is 55.9 Å². The maximum absolute atomic E-state index is 5.49. The summed E-state index contributed by atoms with van der Waals surface area (Å²) < 4.78 is 5.49. The molecule has 0 aliphatic carbocycles. The molecule has 29 heavy (non-hydrogen) atoms. The van der Waals surface area contributed by atoms with Gasteiger partial charge in [0.15, 0.2) is 0 Å². The van der Waals surface area contributed by atoms with Crippen LogP contribution in [0.25, 0.3) is 10.2 Å². The third-order valence-electron chi connectivity index (χ3n) is 6.44. The van der Waals surface area contributed by atoms with Crippen LogP contribution in [-0.2, 0) is 11.3 Å². The van der Waals surface area contributed by atoms with Gasteiger partial charge >= 0.3 is 0 Å². The molecule has 6 nitrogen and oxygen atoms in total. The SMILES string of the molecule is Cc1sc2nc(CN3CCOCC3)nc(NCC(C)(C)N3CCCCC3)c2c1C. The highest BCUT2D eigenvalue weighted by Gasteiger charge is 2.28. The van der Waals surface area contributed by atoms with Crippen molar-refractivity contribution in [1.29, 1.82) is 0 Å². The predicted molar refractivity (Wildman–Crippen MR) is 121 cm³/mol. The van der Waals surface area contributed by atoms with Crippen molar-refractivity contribution in [2.24, 2.45) is 0 Å². The zero-order valence-corrected chi connectivity index (χ0v) is 19.2. The topological polar surface area (TPSA) is 53.5 Å². The van der Waals surface area contributed by atoms with Gasteiger partial charge in [0.05, 0.1) is 25.1 Å². The minimum absolute atomic E-state index is 0.112. The number of thiophene rings is 1. The molecule has 2 aromatic heterocycles. The Hall–Kier alpha value is -1.28. The molecule has 0 aromatic carbocycles. The van der Waals surface area contributed by atoms with Gasteiger partial charge in [0.1, 0.15) is 16.5 Å². The molecule has 0 bridgehead atoms. The quantitative estimate of drug-likeness (QED) is 0.771. The number of morpholine rings is 1. The van der Waals surface area contributed by atoms with E-state index in [1.54, 1.807) is 11.3 Å². The number of fused-ring (bicyclic) bond motifs is 1. The number of ether oxygens (including phenoxy) is 1. The van der Waals surface area contributed by atoms with E-state index in [4.69, 9.17) is 14.7 Å². The first-order chi connectivity index (χ1) is 13.9. The minimum Gasteiger partial charge on any atom is -0.379 e. The molecule has 0 saturated carbocycles. The molecule has 2 aliphatic heterocycles. The number of anilines is 1. The van der Waals surface area contributed by atoms with Crippen LogP contribution in [0.3, 0.4) is 0 Å². The normalized spacial score (nSPS) is 19.7. The van der Waals surface area contributed by atoms with Gasteiger partial charge in [-0.25, -0.2) is 9.97 Å². The highest BCUT2D eigenvalue weighted by molar-refractivity contribution is 7.18. The lowest BCUT2D eigenvalue weighted by atomic mass is 9.98. The van der Waals surface area contributed by atoms with Crippen LogP contribution >= 0.6 is 11.3 Å². The molecule has 2 fully saturated rings. The van der Waals surface area contributed by atoms with Crippen molar-refractivity contribution in [2.75, 3.05) is 51.3 Å². The summed E-state index contributed by atoms with van der Waals surface area (Å²) in [7, 11) is 0. The van der Waals surface area contributed by atoms with E-state index in [0.29, 0.717) is 0 Å². The Kier molecular flexibility index (Phi) is 6.39. The summed E-state index contributed by atoms with van der Waals surface area (Å²) in [4.78, 5) is 17.4. The lowest BCUT2D eigenvalue weighted by molar-refractivity contribution is 0.0331. The van der Waals surface area contributed by atoms with E-state index in [1.807, 2.05) is 0 Å². The second-order valence-corrected chi connectivity index (χ2v) is 10.3. The molecule has 0 spiro atoms. The molecular formula is C22H35N5OS. The van der Waals surface area contributed by atoms with Gasteiger partial charge in [-0.3, -0.25) is 9.80 Å². The molecule has 0 unspecified atom stereocenters. The maximum atomic E-state index is 5.49. The Morgan fingerprint density at radius 1 is 1.03 bits per heavy atom. The molecule has 2 saturated heterocycles. The third kappa shape index (κ3) is 4.74. The predicted octanol–water partition coefficient (Wildman–Crippen LogP) is 3.82. The average Bonchev–Trinajstić information content (AvgIpc) is 3.01. The van der Waals surface area contributed by atoms with Crippen molar-refractivity contribution in [3.63, 3.8) is 0 Å². The number of likely N-dealkylation sites (tertiary alicyclic amines) is 1. The largest absolute Gasteiger partial charge is 0.379 e. The third-order valence-corrected chi connectivity index (χ3v) is 7.55. The maximum Gasteiger partial charge on any atom is 0.146 e. The summed E-state index contributed by atoms with van der Waals surface area (Å²) in [5, 5.41) is 4.93. The van der Waals surface area contributed by atoms with Gasteiger partial charge in [-0.05, 0) is 59.2 Å². The van der Waals surface area contributed by atoms with Gasteiger partial charge in [0, 0.05) is 30.1 Å². The molecule has 2 aromatic rings. The molecule has 0 amide bonds. The fourth-order valence-corrected chi connectivity index (χ4v) is 5.41. The van der Waals surface area contributed by atoms with Crippen molar-refractivity contribution in [1.82, 2.24) is 19.8 Å². The first kappa shape index (κ1) is 21.0. The van der Waals surface area contributed by atoms with Crippen LogP contribution < -0.4 is 5.32 Å². The van der Waals surface area contributed by atoms with E-state index in [2.05, 4.69) is 42.8 Å². The van der Waals surface area contributed by atoms with Gasteiger partial charge in [0.25, 0.3) is 0 Å². The molecule has 2 aliphatic rings. The summed E-state index contributed by atoms with van der Waals surface area (Å²) in [5.74, 6) is 1.92. The number of aryl methyl sites for hydroxylation is 2. The van der Waals surface area contributed by atoms with E-state index < -0.39 is 0 Å². The van der Waals surface area contributed by atoms with Crippen molar-refractivity contribution in [2.45, 2.75) is 59.0 Å². The van der Waals surface area contributed by atoms with Gasteiger partial charge in [-0.15, -0.1) is 11.3 Å². The number of hydrogen-bond acceptors (Lipinski definition) is 7. The number of nitrogens with one attached hydrogen (secondary N) is 1. The zero-order valence-electron chi connectivity index (χ0n) is 18.4. The number of aromatic nitrogens is 2. The second kappa shape index (κ2) is 8.84. The van der Waals surface area contributed by atoms with Crippen molar-refractivity contribution in [3.05, 3.63) is 16.3 Å². The fraction of sp³-hybridized carbons (Fsp3) is 0.727. The minimum atomic E-state index is 0.112. The molecule has 4 heterocycles. The Labute approximate surface area is 178 Å². The summed E-state index contributed by atoms with van der Waals surface area (Å²) in [6.07, 6.45) is 3.99. The molecule has 0 atom stereocenters. The fourth-order valence-electron chi connectivity index (χ4n) is 4.36. The Morgan fingerprint density at radius 2 is 1.76 bits per heavy atom. The molecule has 0 radical (unpaired) electrons. The molecule has 4 rings (SSSR count). The van der Waals surface area contributed by atoms with Crippen LogP contribution in [0.15, 0.2) is 0 Å². The van der Waals surface area contributed by atoms with Gasteiger partial charge < -0.3 is 10.1 Å². The van der Waals surface area contributed by atoms with Crippen LogP contribution in [0, 0.1) is 13.8 Å². The Balaban J connectivity index is 1.57. The highest BCUT2D eigenvalue weighted by Crippen LogP contribution is 2.34. The van der Waals surface area contributed by atoms with Crippen molar-refractivity contribution >= 4 is 27.4 Å². The van der Waals surface area contributed by atoms with Crippen molar-refractivity contribution < 1.29 is 4.74 Å². The Bertz CT molecular complexity index is 837. The van der Waals surface area contributed by atoms with Crippen LogP contribution in [0.5, 0.6) is 0 Å². The smallest absolute Gasteiger partial charge is 0.146 e. The standard InChI is InChI=1S/C22H35N5OS/c1-16-17(2)29-21-19(16)20(23-15-22(3,4)27-8-6-5-7-9-27)24-18(25-21)14-26-10-12-28-13-11-26/h5-15H2,1-4H3,(H,23,24,25). The van der Waals surface area contributed by atoms with E-state index in [9.17, 15) is 0 Å². The van der Waals surface area contributed by atoms with E-state index >= 15 is 0 Å². The summed E-state index contributed by atoms with van der Waals surface area (Å²) >= 11 is 1.79. The van der Waals surface area contributed by atoms with Gasteiger partial charge in [-0.2, -0.15) is 0 Å². The first-order valence-corrected chi connectivity index (χ1v) is 11.8. The number of hydrogen-bond donors (Lipinski definition) is 1.